The van der Waals surface area contributed by atoms with Crippen molar-refractivity contribution in [2.45, 2.75) is 66.7 Å². The molecule has 15 heavy (non-hydrogen) atoms. The van der Waals surface area contributed by atoms with E-state index in [1.807, 2.05) is 0 Å². The molecule has 0 nitrogen and oxygen atoms in total. The Balaban J connectivity index is 3.64. The van der Waals surface area contributed by atoms with Crippen LogP contribution in [-0.2, 0) is 0 Å². The molecule has 0 aromatic heterocycles. The highest BCUT2D eigenvalue weighted by atomic mass is 14.1. The van der Waals surface area contributed by atoms with Crippen molar-refractivity contribution in [1.29, 1.82) is 0 Å². The molecule has 0 aromatic rings. The molecule has 0 aliphatic rings. The number of rotatable bonds is 8. The van der Waals surface area contributed by atoms with Gasteiger partial charge in [-0.25, -0.2) is 0 Å². The Morgan fingerprint density at radius 1 is 0.800 bits per heavy atom. The van der Waals surface area contributed by atoms with Crippen LogP contribution in [0.1, 0.15) is 66.7 Å². The summed E-state index contributed by atoms with van der Waals surface area (Å²) in [6, 6.07) is 0. The minimum absolute atomic E-state index is 0.761. The minimum Gasteiger partial charge on any atom is -0.0854 e. The molecule has 0 N–H and O–H groups in total. The maximum atomic E-state index is 2.42. The van der Waals surface area contributed by atoms with Gasteiger partial charge in [-0.05, 0) is 30.6 Å². The van der Waals surface area contributed by atoms with Crippen LogP contribution in [0.25, 0.3) is 0 Å². The van der Waals surface area contributed by atoms with E-state index < -0.39 is 0 Å². The van der Waals surface area contributed by atoms with Gasteiger partial charge in [-0.2, -0.15) is 0 Å². The fourth-order valence-corrected chi connectivity index (χ4v) is 1.69. The van der Waals surface area contributed by atoms with Gasteiger partial charge < -0.3 is 0 Å². The fourth-order valence-electron chi connectivity index (χ4n) is 1.69. The van der Waals surface area contributed by atoms with Crippen molar-refractivity contribution in [3.05, 3.63) is 12.2 Å². The summed E-state index contributed by atoms with van der Waals surface area (Å²) in [5.41, 5.74) is 0. The molecule has 0 heterocycles. The zero-order valence-corrected chi connectivity index (χ0v) is 11.4. The smallest absolute Gasteiger partial charge is 0.0262 e. The van der Waals surface area contributed by atoms with Crippen LogP contribution in [0, 0.1) is 17.8 Å². The lowest BCUT2D eigenvalue weighted by Crippen LogP contribution is -1.96. The van der Waals surface area contributed by atoms with Gasteiger partial charge in [0.05, 0.1) is 0 Å². The van der Waals surface area contributed by atoms with Crippen LogP contribution in [0.4, 0.5) is 0 Å². The van der Waals surface area contributed by atoms with Crippen LogP contribution in [-0.4, -0.2) is 0 Å². The average molecular weight is 210 g/mol. The van der Waals surface area contributed by atoms with Gasteiger partial charge in [0.2, 0.25) is 0 Å². The number of unbranched alkanes of at least 4 members (excludes halogenated alkanes) is 1. The van der Waals surface area contributed by atoms with Gasteiger partial charge in [-0.3, -0.25) is 0 Å². The summed E-state index contributed by atoms with van der Waals surface area (Å²) < 4.78 is 0. The van der Waals surface area contributed by atoms with E-state index in [0.29, 0.717) is 0 Å². The molecule has 0 heteroatoms. The number of hydrogen-bond acceptors (Lipinski definition) is 0. The summed E-state index contributed by atoms with van der Waals surface area (Å²) in [7, 11) is 0. The highest BCUT2D eigenvalue weighted by Gasteiger charge is 2.01. The van der Waals surface area contributed by atoms with Crippen LogP contribution in [0.15, 0.2) is 12.2 Å². The Labute approximate surface area is 97.2 Å². The molecule has 0 saturated heterocycles. The SMILES string of the molecule is CCCCC(C)C=CC(C)CCC(C)C. The lowest BCUT2D eigenvalue weighted by molar-refractivity contribution is 0.499. The van der Waals surface area contributed by atoms with Crippen molar-refractivity contribution in [3.63, 3.8) is 0 Å². The van der Waals surface area contributed by atoms with Crippen LogP contribution in [0.3, 0.4) is 0 Å². The largest absolute Gasteiger partial charge is 0.0854 e. The van der Waals surface area contributed by atoms with Crippen molar-refractivity contribution in [2.75, 3.05) is 0 Å². The van der Waals surface area contributed by atoms with Crippen molar-refractivity contribution in [3.8, 4) is 0 Å². The predicted molar refractivity (Wildman–Crippen MR) is 71.1 cm³/mol. The standard InChI is InChI=1S/C15H30/c1-6-7-8-14(4)11-12-15(5)10-9-13(2)3/h11-15H,6-10H2,1-5H3. The second-order valence-electron chi connectivity index (χ2n) is 5.45. The zero-order valence-electron chi connectivity index (χ0n) is 11.4. The maximum Gasteiger partial charge on any atom is -0.0262 e. The van der Waals surface area contributed by atoms with Crippen LogP contribution >= 0.6 is 0 Å². The lowest BCUT2D eigenvalue weighted by atomic mass is 9.96. The van der Waals surface area contributed by atoms with E-state index in [9.17, 15) is 0 Å². The third-order valence-corrected chi connectivity index (χ3v) is 2.98. The fraction of sp³-hybridized carbons (Fsp3) is 0.867. The van der Waals surface area contributed by atoms with Gasteiger partial charge in [0.1, 0.15) is 0 Å². The summed E-state index contributed by atoms with van der Waals surface area (Å²) in [5, 5.41) is 0. The highest BCUT2D eigenvalue weighted by Crippen LogP contribution is 2.15. The Morgan fingerprint density at radius 2 is 1.33 bits per heavy atom. The van der Waals surface area contributed by atoms with Crippen LogP contribution < -0.4 is 0 Å². The molecule has 0 aliphatic heterocycles. The van der Waals surface area contributed by atoms with Crippen molar-refractivity contribution in [2.24, 2.45) is 17.8 Å². The predicted octanol–water partition coefficient (Wildman–Crippen LogP) is 5.44. The first-order valence-electron chi connectivity index (χ1n) is 6.74. The summed E-state index contributed by atoms with van der Waals surface area (Å²) in [6.07, 6.45) is 11.6. The molecular weight excluding hydrogens is 180 g/mol. The van der Waals surface area contributed by atoms with E-state index in [4.69, 9.17) is 0 Å². The lowest BCUT2D eigenvalue weighted by Gasteiger charge is -2.10. The van der Waals surface area contributed by atoms with E-state index in [1.54, 1.807) is 0 Å². The molecule has 0 radical (unpaired) electrons. The van der Waals surface area contributed by atoms with E-state index in [-0.39, 0.29) is 0 Å². The van der Waals surface area contributed by atoms with Gasteiger partial charge in [0.15, 0.2) is 0 Å². The molecule has 0 aromatic carbocycles. The molecule has 0 saturated carbocycles. The first kappa shape index (κ1) is 14.7. The number of hydrogen-bond donors (Lipinski definition) is 0. The van der Waals surface area contributed by atoms with Crippen LogP contribution in [0.5, 0.6) is 0 Å². The molecule has 90 valence electrons. The van der Waals surface area contributed by atoms with E-state index in [1.165, 1.54) is 32.1 Å². The summed E-state index contributed by atoms with van der Waals surface area (Å²) >= 11 is 0. The maximum absolute atomic E-state index is 2.42. The molecule has 0 fully saturated rings. The molecule has 0 aliphatic carbocycles. The first-order valence-corrected chi connectivity index (χ1v) is 6.74. The normalized spacial score (nSPS) is 16.1. The van der Waals surface area contributed by atoms with Crippen molar-refractivity contribution < 1.29 is 0 Å². The van der Waals surface area contributed by atoms with Gasteiger partial charge >= 0.3 is 0 Å². The minimum atomic E-state index is 0.761. The van der Waals surface area contributed by atoms with E-state index >= 15 is 0 Å². The number of allylic oxidation sites excluding steroid dienone is 2. The van der Waals surface area contributed by atoms with Crippen molar-refractivity contribution in [1.82, 2.24) is 0 Å². The molecule has 0 spiro atoms. The zero-order chi connectivity index (χ0) is 11.7. The quantitative estimate of drug-likeness (QED) is 0.468. The van der Waals surface area contributed by atoms with Crippen molar-refractivity contribution >= 4 is 0 Å². The second kappa shape index (κ2) is 9.00. The second-order valence-corrected chi connectivity index (χ2v) is 5.45. The molecule has 2 atom stereocenters. The Kier molecular flexibility index (Phi) is 8.85. The summed E-state index contributed by atoms with van der Waals surface area (Å²) in [5.74, 6) is 2.38. The molecule has 0 rings (SSSR count). The Bertz CT molecular complexity index is 155. The van der Waals surface area contributed by atoms with Crippen LogP contribution in [0.2, 0.25) is 0 Å². The van der Waals surface area contributed by atoms with E-state index in [0.717, 1.165) is 17.8 Å². The monoisotopic (exact) mass is 210 g/mol. The summed E-state index contributed by atoms with van der Waals surface area (Å²) in [6.45, 7) is 11.6. The topological polar surface area (TPSA) is 0 Å². The van der Waals surface area contributed by atoms with E-state index in [2.05, 4.69) is 46.8 Å². The Hall–Kier alpha value is -0.260. The van der Waals surface area contributed by atoms with Gasteiger partial charge in [-0.15, -0.1) is 0 Å². The first-order chi connectivity index (χ1) is 7.06. The molecule has 0 amide bonds. The third-order valence-electron chi connectivity index (χ3n) is 2.98. The summed E-state index contributed by atoms with van der Waals surface area (Å²) in [4.78, 5) is 0. The van der Waals surface area contributed by atoms with Gasteiger partial charge in [0, 0.05) is 0 Å². The molecule has 2 unspecified atom stereocenters. The van der Waals surface area contributed by atoms with Gasteiger partial charge in [0.25, 0.3) is 0 Å². The molecular formula is C15H30. The Morgan fingerprint density at radius 3 is 1.80 bits per heavy atom. The highest BCUT2D eigenvalue weighted by molar-refractivity contribution is 4.90. The molecule has 0 bridgehead atoms. The van der Waals surface area contributed by atoms with Gasteiger partial charge in [-0.1, -0.05) is 66.0 Å². The third kappa shape index (κ3) is 10.0. The average Bonchev–Trinajstić information content (AvgIpc) is 2.20.